The van der Waals surface area contributed by atoms with Crippen LogP contribution in [0.25, 0.3) is 0 Å². The molecule has 0 aliphatic carbocycles. The fourth-order valence-corrected chi connectivity index (χ4v) is 3.29. The van der Waals surface area contributed by atoms with E-state index in [9.17, 15) is 18.0 Å². The number of methoxy groups -OCH3 is 2. The molecule has 1 aliphatic rings. The molecule has 1 aliphatic heterocycles. The molecule has 8 heteroatoms. The monoisotopic (exact) mass is 395 g/mol. The van der Waals surface area contributed by atoms with E-state index in [4.69, 9.17) is 9.47 Å². The summed E-state index contributed by atoms with van der Waals surface area (Å²) in [6.07, 6.45) is -3.35. The van der Waals surface area contributed by atoms with Gasteiger partial charge >= 0.3 is 6.36 Å². The maximum absolute atomic E-state index is 12.8. The van der Waals surface area contributed by atoms with Crippen molar-refractivity contribution in [2.24, 2.45) is 0 Å². The molecule has 28 heavy (non-hydrogen) atoms. The highest BCUT2D eigenvalue weighted by Crippen LogP contribution is 2.33. The quantitative estimate of drug-likeness (QED) is 0.764. The molecule has 0 spiro atoms. The number of anilines is 1. The van der Waals surface area contributed by atoms with Crippen molar-refractivity contribution < 1.29 is 32.2 Å². The number of ether oxygens (including phenoxy) is 3. The van der Waals surface area contributed by atoms with Gasteiger partial charge in [0.15, 0.2) is 11.5 Å². The standard InChI is InChI=1S/C20H20F3NO4/c1-26-17-8-5-13(10-18(17)27-2)11-19(25)24-9-3-4-14-12-15(6-7-16(14)24)28-20(21,22)23/h5-8,10,12H,3-4,9,11H2,1-2H3. The maximum Gasteiger partial charge on any atom is 0.573 e. The molecule has 0 radical (unpaired) electrons. The van der Waals surface area contributed by atoms with Gasteiger partial charge < -0.3 is 19.1 Å². The lowest BCUT2D eigenvalue weighted by Gasteiger charge is -2.30. The van der Waals surface area contributed by atoms with Gasteiger partial charge in [0, 0.05) is 12.2 Å². The molecule has 0 aromatic heterocycles. The van der Waals surface area contributed by atoms with Crippen molar-refractivity contribution in [1.82, 2.24) is 0 Å². The number of alkyl halides is 3. The van der Waals surface area contributed by atoms with Crippen LogP contribution < -0.4 is 19.1 Å². The SMILES string of the molecule is COc1ccc(CC(=O)N2CCCc3cc(OC(F)(F)F)ccc32)cc1OC. The van der Waals surface area contributed by atoms with Gasteiger partial charge in [-0.15, -0.1) is 13.2 Å². The molecular formula is C20H20F3NO4. The van der Waals surface area contributed by atoms with Crippen molar-refractivity contribution in [3.63, 3.8) is 0 Å². The predicted molar refractivity (Wildman–Crippen MR) is 97.0 cm³/mol. The Hall–Kier alpha value is -2.90. The van der Waals surface area contributed by atoms with Crippen LogP contribution in [0.15, 0.2) is 36.4 Å². The molecule has 2 aromatic rings. The minimum Gasteiger partial charge on any atom is -0.493 e. The summed E-state index contributed by atoms with van der Waals surface area (Å²) in [5.74, 6) is 0.679. The van der Waals surface area contributed by atoms with Gasteiger partial charge in [0.2, 0.25) is 5.91 Å². The van der Waals surface area contributed by atoms with E-state index in [1.807, 2.05) is 0 Å². The van der Waals surface area contributed by atoms with Crippen molar-refractivity contribution in [2.75, 3.05) is 25.7 Å². The summed E-state index contributed by atoms with van der Waals surface area (Å²) in [6.45, 7) is 0.512. The van der Waals surface area contributed by atoms with Crippen molar-refractivity contribution in [1.29, 1.82) is 0 Å². The summed E-state index contributed by atoms with van der Waals surface area (Å²) >= 11 is 0. The van der Waals surface area contributed by atoms with Gasteiger partial charge in [-0.1, -0.05) is 6.07 Å². The number of carbonyl (C=O) groups is 1. The third kappa shape index (κ3) is 4.49. The molecule has 0 fully saturated rings. The molecule has 3 rings (SSSR count). The highest BCUT2D eigenvalue weighted by atomic mass is 19.4. The van der Waals surface area contributed by atoms with Gasteiger partial charge in [0.05, 0.1) is 20.6 Å². The predicted octanol–water partition coefficient (Wildman–Crippen LogP) is 4.12. The normalized spacial score (nSPS) is 13.7. The largest absolute Gasteiger partial charge is 0.573 e. The Morgan fingerprint density at radius 3 is 2.50 bits per heavy atom. The van der Waals surface area contributed by atoms with Crippen molar-refractivity contribution in [2.45, 2.75) is 25.6 Å². The molecule has 0 saturated heterocycles. The number of carbonyl (C=O) groups excluding carboxylic acids is 1. The molecule has 0 atom stereocenters. The number of benzene rings is 2. The molecule has 0 saturated carbocycles. The van der Waals surface area contributed by atoms with E-state index in [2.05, 4.69) is 4.74 Å². The van der Waals surface area contributed by atoms with Crippen LogP contribution in [0.1, 0.15) is 17.5 Å². The summed E-state index contributed by atoms with van der Waals surface area (Å²) in [5.41, 5.74) is 2.03. The maximum atomic E-state index is 12.8. The van der Waals surface area contributed by atoms with E-state index in [0.29, 0.717) is 42.1 Å². The molecule has 0 unspecified atom stereocenters. The van der Waals surface area contributed by atoms with E-state index < -0.39 is 6.36 Å². The number of amides is 1. The van der Waals surface area contributed by atoms with Crippen molar-refractivity contribution in [3.8, 4) is 17.2 Å². The fourth-order valence-electron chi connectivity index (χ4n) is 3.29. The first-order chi connectivity index (χ1) is 13.3. The first kappa shape index (κ1) is 19.9. The topological polar surface area (TPSA) is 48.0 Å². The highest BCUT2D eigenvalue weighted by Gasteiger charge is 2.32. The van der Waals surface area contributed by atoms with Gasteiger partial charge in [-0.05, 0) is 54.3 Å². The van der Waals surface area contributed by atoms with Gasteiger partial charge in [-0.3, -0.25) is 4.79 Å². The van der Waals surface area contributed by atoms with Crippen LogP contribution in [0.4, 0.5) is 18.9 Å². The van der Waals surface area contributed by atoms with Crippen LogP contribution in [0.2, 0.25) is 0 Å². The van der Waals surface area contributed by atoms with Crippen LogP contribution in [-0.4, -0.2) is 33.0 Å². The minimum atomic E-state index is -4.74. The third-order valence-corrected chi connectivity index (χ3v) is 4.51. The van der Waals surface area contributed by atoms with Crippen LogP contribution in [0, 0.1) is 0 Å². The average Bonchev–Trinajstić information content (AvgIpc) is 2.65. The second-order valence-electron chi connectivity index (χ2n) is 6.35. The zero-order valence-corrected chi connectivity index (χ0v) is 15.5. The Labute approximate surface area is 160 Å². The fraction of sp³-hybridized carbons (Fsp3) is 0.350. The summed E-state index contributed by atoms with van der Waals surface area (Å²) in [7, 11) is 3.05. The summed E-state index contributed by atoms with van der Waals surface area (Å²) in [6, 6.07) is 9.33. The van der Waals surface area contributed by atoms with Crippen LogP contribution in [0.5, 0.6) is 17.2 Å². The number of aryl methyl sites for hydroxylation is 1. The molecule has 5 nitrogen and oxygen atoms in total. The number of nitrogens with zero attached hydrogens (tertiary/aromatic N) is 1. The minimum absolute atomic E-state index is 0.139. The molecular weight excluding hydrogens is 375 g/mol. The lowest BCUT2D eigenvalue weighted by atomic mass is 10.00. The van der Waals surface area contributed by atoms with E-state index in [0.717, 1.165) is 5.56 Å². The van der Waals surface area contributed by atoms with Crippen LogP contribution >= 0.6 is 0 Å². The van der Waals surface area contributed by atoms with Gasteiger partial charge in [0.25, 0.3) is 0 Å². The average molecular weight is 395 g/mol. The zero-order valence-electron chi connectivity index (χ0n) is 15.5. The number of hydrogen-bond acceptors (Lipinski definition) is 4. The van der Waals surface area contributed by atoms with E-state index >= 15 is 0 Å². The lowest BCUT2D eigenvalue weighted by molar-refractivity contribution is -0.274. The first-order valence-corrected chi connectivity index (χ1v) is 8.70. The molecule has 1 amide bonds. The van der Waals surface area contributed by atoms with E-state index in [1.165, 1.54) is 32.4 Å². The molecule has 1 heterocycles. The molecule has 0 N–H and O–H groups in total. The number of hydrogen-bond donors (Lipinski definition) is 0. The Bertz CT molecular complexity index is 867. The van der Waals surface area contributed by atoms with Crippen molar-refractivity contribution in [3.05, 3.63) is 47.5 Å². The molecule has 0 bridgehead atoms. The Morgan fingerprint density at radius 1 is 1.07 bits per heavy atom. The number of halogens is 3. The van der Waals surface area contributed by atoms with Gasteiger partial charge in [-0.2, -0.15) is 0 Å². The first-order valence-electron chi connectivity index (χ1n) is 8.70. The number of fused-ring (bicyclic) bond motifs is 1. The van der Waals surface area contributed by atoms with Crippen LogP contribution in [0.3, 0.4) is 0 Å². The second-order valence-corrected chi connectivity index (χ2v) is 6.35. The second kappa shape index (κ2) is 8.00. The Kier molecular flexibility index (Phi) is 5.67. The van der Waals surface area contributed by atoms with E-state index in [1.54, 1.807) is 23.1 Å². The van der Waals surface area contributed by atoms with E-state index in [-0.39, 0.29) is 18.1 Å². The molecule has 150 valence electrons. The lowest BCUT2D eigenvalue weighted by Crippen LogP contribution is -2.36. The Morgan fingerprint density at radius 2 is 1.82 bits per heavy atom. The number of rotatable bonds is 5. The Balaban J connectivity index is 1.79. The summed E-state index contributed by atoms with van der Waals surface area (Å²) < 4.78 is 51.7. The van der Waals surface area contributed by atoms with Gasteiger partial charge in [-0.25, -0.2) is 0 Å². The third-order valence-electron chi connectivity index (χ3n) is 4.51. The van der Waals surface area contributed by atoms with Gasteiger partial charge in [0.1, 0.15) is 5.75 Å². The summed E-state index contributed by atoms with van der Waals surface area (Å²) in [4.78, 5) is 14.4. The summed E-state index contributed by atoms with van der Waals surface area (Å²) in [5, 5.41) is 0. The van der Waals surface area contributed by atoms with Crippen molar-refractivity contribution >= 4 is 11.6 Å². The molecule has 2 aromatic carbocycles. The van der Waals surface area contributed by atoms with Crippen LogP contribution in [-0.2, 0) is 17.6 Å². The highest BCUT2D eigenvalue weighted by molar-refractivity contribution is 5.96. The smallest absolute Gasteiger partial charge is 0.493 e. The zero-order chi connectivity index (χ0) is 20.3.